The molecule has 1 atom stereocenters. The van der Waals surface area contributed by atoms with E-state index in [0.717, 1.165) is 11.8 Å². The van der Waals surface area contributed by atoms with Gasteiger partial charge in [-0.1, -0.05) is 0 Å². The first kappa shape index (κ1) is 16.0. The summed E-state index contributed by atoms with van der Waals surface area (Å²) in [6.45, 7) is 2.96. The Labute approximate surface area is 119 Å². The Balaban J connectivity index is 2.79. The molecular formula is C12H14N2O5S. The molecule has 0 heterocycles. The molecule has 1 rings (SSSR count). The highest BCUT2D eigenvalue weighted by molar-refractivity contribution is 7.99. The number of thioether (sulfide) groups is 1. The highest BCUT2D eigenvalue weighted by atomic mass is 32.2. The number of carbonyl (C=O) groups excluding carboxylic acids is 1. The molecule has 0 bridgehead atoms. The van der Waals surface area contributed by atoms with Gasteiger partial charge >= 0.3 is 5.97 Å². The van der Waals surface area contributed by atoms with Crippen LogP contribution >= 0.6 is 11.8 Å². The molecule has 108 valence electrons. The Morgan fingerprint density at radius 2 is 2.10 bits per heavy atom. The number of benzene rings is 1. The fourth-order valence-electron chi connectivity index (χ4n) is 1.52. The van der Waals surface area contributed by atoms with E-state index in [1.165, 1.54) is 19.1 Å². The lowest BCUT2D eigenvalue weighted by atomic mass is 10.2. The predicted octanol–water partition coefficient (Wildman–Crippen LogP) is 1.58. The van der Waals surface area contributed by atoms with E-state index in [2.05, 4.69) is 5.32 Å². The van der Waals surface area contributed by atoms with Gasteiger partial charge in [0, 0.05) is 29.7 Å². The number of hydrogen-bond donors (Lipinski definition) is 2. The Kier molecular flexibility index (Phi) is 5.51. The molecule has 0 fully saturated rings. The van der Waals surface area contributed by atoms with E-state index < -0.39 is 22.8 Å². The number of nitrogens with one attached hydrogen (secondary N) is 1. The number of carboxylic acids is 1. The van der Waals surface area contributed by atoms with E-state index in [1.807, 2.05) is 0 Å². The van der Waals surface area contributed by atoms with Gasteiger partial charge in [0.1, 0.15) is 6.04 Å². The van der Waals surface area contributed by atoms with Gasteiger partial charge in [0.2, 0.25) is 5.91 Å². The average molecular weight is 298 g/mol. The number of nitro groups is 1. The van der Waals surface area contributed by atoms with Crippen LogP contribution in [0.15, 0.2) is 23.1 Å². The molecule has 7 nitrogen and oxygen atoms in total. The summed E-state index contributed by atoms with van der Waals surface area (Å²) in [6, 6.07) is 3.51. The highest BCUT2D eigenvalue weighted by Crippen LogP contribution is 2.25. The highest BCUT2D eigenvalue weighted by Gasteiger charge is 2.19. The number of nitrogens with zero attached hydrogens (tertiary/aromatic N) is 1. The first-order chi connectivity index (χ1) is 9.29. The maximum Gasteiger partial charge on any atom is 0.327 e. The minimum atomic E-state index is -1.14. The van der Waals surface area contributed by atoms with Gasteiger partial charge < -0.3 is 10.4 Å². The largest absolute Gasteiger partial charge is 0.480 e. The van der Waals surface area contributed by atoms with Crippen molar-refractivity contribution in [3.8, 4) is 0 Å². The molecule has 0 aliphatic heterocycles. The number of carbonyl (C=O) groups is 2. The third-order valence-corrected chi connectivity index (χ3v) is 3.41. The van der Waals surface area contributed by atoms with Crippen LogP contribution in [0.4, 0.5) is 5.69 Å². The van der Waals surface area contributed by atoms with Crippen LogP contribution in [0.5, 0.6) is 0 Å². The minimum absolute atomic E-state index is 0.0427. The van der Waals surface area contributed by atoms with Crippen molar-refractivity contribution in [2.24, 2.45) is 0 Å². The lowest BCUT2D eigenvalue weighted by Crippen LogP contribution is -2.41. The summed E-state index contributed by atoms with van der Waals surface area (Å²) < 4.78 is 0. The van der Waals surface area contributed by atoms with Crippen LogP contribution in [0.2, 0.25) is 0 Å². The first-order valence-electron chi connectivity index (χ1n) is 5.68. The second kappa shape index (κ2) is 6.90. The van der Waals surface area contributed by atoms with Gasteiger partial charge in [-0.2, -0.15) is 0 Å². The normalized spacial score (nSPS) is 11.7. The Hall–Kier alpha value is -2.09. The van der Waals surface area contributed by atoms with Gasteiger partial charge in [-0.15, -0.1) is 11.8 Å². The molecular weight excluding hydrogens is 284 g/mol. The van der Waals surface area contributed by atoms with Crippen molar-refractivity contribution in [3.05, 3.63) is 33.9 Å². The molecule has 1 aromatic carbocycles. The zero-order valence-electron chi connectivity index (χ0n) is 11.0. The lowest BCUT2D eigenvalue weighted by Gasteiger charge is -2.12. The summed E-state index contributed by atoms with van der Waals surface area (Å²) in [5, 5.41) is 22.0. The summed E-state index contributed by atoms with van der Waals surface area (Å²) in [4.78, 5) is 32.7. The third kappa shape index (κ3) is 4.88. The predicted molar refractivity (Wildman–Crippen MR) is 73.8 cm³/mol. The lowest BCUT2D eigenvalue weighted by molar-refractivity contribution is -0.385. The standard InChI is InChI=1S/C12H14N2O5S/c1-7-3-9(14(18)19)5-10(4-7)20-6-11(12(16)17)13-8(2)15/h3-5,11H,6H2,1-2H3,(H,13,15)(H,16,17). The van der Waals surface area contributed by atoms with Crippen molar-refractivity contribution in [2.45, 2.75) is 24.8 Å². The second-order valence-corrected chi connectivity index (χ2v) is 5.26. The van der Waals surface area contributed by atoms with Gasteiger partial charge in [0.15, 0.2) is 0 Å². The van der Waals surface area contributed by atoms with E-state index in [9.17, 15) is 19.7 Å². The molecule has 0 radical (unpaired) electrons. The summed E-state index contributed by atoms with van der Waals surface area (Å²) in [6.07, 6.45) is 0. The van der Waals surface area contributed by atoms with Crippen LogP contribution in [0.1, 0.15) is 12.5 Å². The molecule has 0 spiro atoms. The molecule has 0 saturated heterocycles. The van der Waals surface area contributed by atoms with Crippen LogP contribution in [0.25, 0.3) is 0 Å². The fraction of sp³-hybridized carbons (Fsp3) is 0.333. The Bertz CT molecular complexity index is 547. The van der Waals surface area contributed by atoms with Gasteiger partial charge in [-0.3, -0.25) is 14.9 Å². The number of non-ortho nitro benzene ring substituents is 1. The van der Waals surface area contributed by atoms with Crippen LogP contribution < -0.4 is 5.32 Å². The van der Waals surface area contributed by atoms with E-state index in [4.69, 9.17) is 5.11 Å². The number of hydrogen-bond acceptors (Lipinski definition) is 5. The van der Waals surface area contributed by atoms with Crippen LogP contribution in [-0.2, 0) is 9.59 Å². The smallest absolute Gasteiger partial charge is 0.327 e. The van der Waals surface area contributed by atoms with Crippen LogP contribution in [0.3, 0.4) is 0 Å². The van der Waals surface area contributed by atoms with Crippen molar-refractivity contribution in [3.63, 3.8) is 0 Å². The number of carboxylic acid groups (broad SMARTS) is 1. The van der Waals surface area contributed by atoms with Crippen LogP contribution in [-0.4, -0.2) is 33.7 Å². The topological polar surface area (TPSA) is 110 Å². The summed E-state index contributed by atoms with van der Waals surface area (Å²) in [5.41, 5.74) is 0.673. The van der Waals surface area contributed by atoms with E-state index in [1.54, 1.807) is 13.0 Å². The minimum Gasteiger partial charge on any atom is -0.480 e. The molecule has 0 aliphatic carbocycles. The molecule has 1 unspecified atom stereocenters. The molecule has 0 aromatic heterocycles. The van der Waals surface area contributed by atoms with E-state index >= 15 is 0 Å². The molecule has 8 heteroatoms. The monoisotopic (exact) mass is 298 g/mol. The van der Waals surface area contributed by atoms with Gasteiger partial charge in [0.25, 0.3) is 5.69 Å². The first-order valence-corrected chi connectivity index (χ1v) is 6.67. The van der Waals surface area contributed by atoms with Crippen molar-refractivity contribution < 1.29 is 19.6 Å². The summed E-state index contributed by atoms with van der Waals surface area (Å²) >= 11 is 1.14. The van der Waals surface area contributed by atoms with Crippen LogP contribution in [0, 0.1) is 17.0 Å². The summed E-state index contributed by atoms with van der Waals surface area (Å²) in [5.74, 6) is -1.49. The van der Waals surface area contributed by atoms with Gasteiger partial charge in [-0.05, 0) is 18.6 Å². The molecule has 0 saturated carbocycles. The van der Waals surface area contributed by atoms with Crippen molar-refractivity contribution in [2.75, 3.05) is 5.75 Å². The number of aryl methyl sites for hydroxylation is 1. The van der Waals surface area contributed by atoms with Crippen molar-refractivity contribution >= 4 is 29.3 Å². The maximum atomic E-state index is 11.0. The summed E-state index contributed by atoms with van der Waals surface area (Å²) in [7, 11) is 0. The fourth-order valence-corrected chi connectivity index (χ4v) is 2.58. The zero-order valence-corrected chi connectivity index (χ0v) is 11.8. The molecule has 0 aliphatic rings. The molecule has 1 aromatic rings. The number of aliphatic carboxylic acids is 1. The van der Waals surface area contributed by atoms with Crippen molar-refractivity contribution in [1.29, 1.82) is 0 Å². The third-order valence-electron chi connectivity index (χ3n) is 2.34. The second-order valence-electron chi connectivity index (χ2n) is 4.16. The maximum absolute atomic E-state index is 11.0. The quantitative estimate of drug-likeness (QED) is 0.469. The Morgan fingerprint density at radius 1 is 1.45 bits per heavy atom. The number of nitro benzene ring substituents is 1. The van der Waals surface area contributed by atoms with Gasteiger partial charge in [-0.25, -0.2) is 4.79 Å². The SMILES string of the molecule is CC(=O)NC(CSc1cc(C)cc([N+](=O)[O-])c1)C(=O)O. The molecule has 2 N–H and O–H groups in total. The molecule has 1 amide bonds. The average Bonchev–Trinajstić information content (AvgIpc) is 2.33. The zero-order chi connectivity index (χ0) is 15.3. The number of rotatable bonds is 6. The van der Waals surface area contributed by atoms with E-state index in [0.29, 0.717) is 10.5 Å². The van der Waals surface area contributed by atoms with Gasteiger partial charge in [0.05, 0.1) is 4.92 Å². The Morgan fingerprint density at radius 3 is 2.60 bits per heavy atom. The number of amides is 1. The van der Waals surface area contributed by atoms with Crippen molar-refractivity contribution in [1.82, 2.24) is 5.32 Å². The molecule has 20 heavy (non-hydrogen) atoms. The van der Waals surface area contributed by atoms with E-state index in [-0.39, 0.29) is 11.4 Å².